The van der Waals surface area contributed by atoms with E-state index in [1.54, 1.807) is 0 Å². The first kappa shape index (κ1) is 15.8. The molecule has 2 amide bonds. The minimum Gasteiger partial charge on any atom is -0.494 e. The molecule has 3 aliphatic rings. The topological polar surface area (TPSA) is 44.8 Å². The van der Waals surface area contributed by atoms with Gasteiger partial charge in [0.15, 0.2) is 0 Å². The normalized spacial score (nSPS) is 27.0. The fourth-order valence-electron chi connectivity index (χ4n) is 4.43. The Kier molecular flexibility index (Phi) is 4.35. The van der Waals surface area contributed by atoms with Gasteiger partial charge in [-0.15, -0.1) is 0 Å². The van der Waals surface area contributed by atoms with Gasteiger partial charge in [0.2, 0.25) is 0 Å². The zero-order chi connectivity index (χ0) is 16.5. The number of hydrogen-bond donors (Lipinski definition) is 1. The molecular formula is C19H27N3O2. The minimum absolute atomic E-state index is 0.00907. The van der Waals surface area contributed by atoms with Crippen LogP contribution >= 0.6 is 0 Å². The molecule has 5 heteroatoms. The van der Waals surface area contributed by atoms with E-state index >= 15 is 0 Å². The molecule has 0 aromatic heterocycles. The molecule has 5 nitrogen and oxygen atoms in total. The molecule has 0 bridgehead atoms. The fourth-order valence-corrected chi connectivity index (χ4v) is 4.43. The lowest BCUT2D eigenvalue weighted by atomic mass is 10.0. The van der Waals surface area contributed by atoms with Crippen LogP contribution in [-0.2, 0) is 0 Å². The van der Waals surface area contributed by atoms with Crippen molar-refractivity contribution in [3.8, 4) is 5.75 Å². The quantitative estimate of drug-likeness (QED) is 0.923. The number of nitrogens with one attached hydrogen (secondary N) is 1. The number of ether oxygens (including phenoxy) is 1. The summed E-state index contributed by atoms with van der Waals surface area (Å²) in [5.41, 5.74) is 0.822. The highest BCUT2D eigenvalue weighted by molar-refractivity contribution is 5.90. The van der Waals surface area contributed by atoms with Crippen LogP contribution in [0, 0.1) is 11.8 Å². The van der Waals surface area contributed by atoms with Crippen molar-refractivity contribution in [1.82, 2.24) is 9.80 Å². The molecule has 1 aliphatic carbocycles. The summed E-state index contributed by atoms with van der Waals surface area (Å²) in [6, 6.07) is 8.14. The Balaban J connectivity index is 1.24. The van der Waals surface area contributed by atoms with Crippen molar-refractivity contribution in [2.24, 2.45) is 11.8 Å². The number of nitrogens with zero attached hydrogens (tertiary/aromatic N) is 2. The highest BCUT2D eigenvalue weighted by Crippen LogP contribution is 2.39. The van der Waals surface area contributed by atoms with Gasteiger partial charge in [0.1, 0.15) is 5.75 Å². The summed E-state index contributed by atoms with van der Waals surface area (Å²) in [6.07, 6.45) is 4.25. The molecule has 1 aromatic rings. The van der Waals surface area contributed by atoms with Gasteiger partial charge in [-0.2, -0.15) is 0 Å². The summed E-state index contributed by atoms with van der Waals surface area (Å²) in [6.45, 7) is 6.85. The number of carbonyl (C=O) groups excluding carboxylic acids is 1. The largest absolute Gasteiger partial charge is 0.494 e. The van der Waals surface area contributed by atoms with Crippen LogP contribution in [0.3, 0.4) is 0 Å². The van der Waals surface area contributed by atoms with Gasteiger partial charge in [0.05, 0.1) is 6.61 Å². The van der Waals surface area contributed by atoms with Gasteiger partial charge < -0.3 is 15.0 Å². The molecule has 2 unspecified atom stereocenters. The van der Waals surface area contributed by atoms with Crippen LogP contribution in [-0.4, -0.2) is 54.7 Å². The van der Waals surface area contributed by atoms with Gasteiger partial charge in [-0.3, -0.25) is 4.90 Å². The van der Waals surface area contributed by atoms with E-state index in [-0.39, 0.29) is 6.03 Å². The second kappa shape index (κ2) is 6.63. The molecular weight excluding hydrogens is 302 g/mol. The first-order valence-electron chi connectivity index (χ1n) is 9.25. The molecule has 4 rings (SSSR count). The van der Waals surface area contributed by atoms with Crippen LogP contribution in [0.25, 0.3) is 0 Å². The van der Waals surface area contributed by atoms with E-state index in [9.17, 15) is 4.79 Å². The zero-order valence-corrected chi connectivity index (χ0v) is 14.4. The second-order valence-electron chi connectivity index (χ2n) is 7.35. The Bertz CT molecular complexity index is 571. The Labute approximate surface area is 144 Å². The number of likely N-dealkylation sites (tertiary alicyclic amines) is 2. The number of anilines is 1. The van der Waals surface area contributed by atoms with Crippen LogP contribution in [0.15, 0.2) is 24.3 Å². The second-order valence-corrected chi connectivity index (χ2v) is 7.35. The molecule has 1 saturated carbocycles. The van der Waals surface area contributed by atoms with Gasteiger partial charge in [0, 0.05) is 37.9 Å². The standard InChI is InChI=1S/C19H27N3O2/c1-2-24-18-8-6-16(7-9-18)20-19(23)22-12-17(13-22)21-10-14-4-3-5-15(14)11-21/h6-9,14-15,17H,2-5,10-13H2,1H3,(H,20,23). The van der Waals surface area contributed by atoms with E-state index in [4.69, 9.17) is 4.74 Å². The Hall–Kier alpha value is -1.75. The minimum atomic E-state index is 0.00907. The van der Waals surface area contributed by atoms with Crippen LogP contribution in [0.1, 0.15) is 26.2 Å². The monoisotopic (exact) mass is 329 g/mol. The summed E-state index contributed by atoms with van der Waals surface area (Å²) in [7, 11) is 0. The SMILES string of the molecule is CCOc1ccc(NC(=O)N2CC(N3CC4CCCC4C3)C2)cc1. The third-order valence-corrected chi connectivity index (χ3v) is 5.84. The highest BCUT2D eigenvalue weighted by atomic mass is 16.5. The average Bonchev–Trinajstić information content (AvgIpc) is 3.09. The summed E-state index contributed by atoms with van der Waals surface area (Å²) < 4.78 is 5.42. The maximum absolute atomic E-state index is 12.3. The van der Waals surface area contributed by atoms with Crippen molar-refractivity contribution in [2.75, 3.05) is 38.1 Å². The van der Waals surface area contributed by atoms with Crippen LogP contribution in [0.5, 0.6) is 5.75 Å². The van der Waals surface area contributed by atoms with E-state index in [1.807, 2.05) is 36.1 Å². The number of rotatable bonds is 4. The zero-order valence-electron chi connectivity index (χ0n) is 14.4. The molecule has 2 heterocycles. The van der Waals surface area contributed by atoms with Gasteiger partial charge in [0.25, 0.3) is 0 Å². The average molecular weight is 329 g/mol. The van der Waals surface area contributed by atoms with E-state index in [0.717, 1.165) is 36.4 Å². The van der Waals surface area contributed by atoms with Crippen molar-refractivity contribution < 1.29 is 9.53 Å². The molecule has 0 spiro atoms. The molecule has 1 aromatic carbocycles. The van der Waals surface area contributed by atoms with E-state index < -0.39 is 0 Å². The Morgan fingerprint density at radius 2 is 1.79 bits per heavy atom. The van der Waals surface area contributed by atoms with Crippen LogP contribution < -0.4 is 10.1 Å². The Morgan fingerprint density at radius 1 is 1.12 bits per heavy atom. The lowest BCUT2D eigenvalue weighted by Gasteiger charge is -2.44. The molecule has 2 saturated heterocycles. The third-order valence-electron chi connectivity index (χ3n) is 5.84. The van der Waals surface area contributed by atoms with E-state index in [0.29, 0.717) is 12.6 Å². The lowest BCUT2D eigenvalue weighted by molar-refractivity contribution is 0.0722. The summed E-state index contributed by atoms with van der Waals surface area (Å²) in [5, 5.41) is 2.98. The van der Waals surface area contributed by atoms with Gasteiger partial charge in [-0.05, 0) is 55.9 Å². The molecule has 0 radical (unpaired) electrons. The number of urea groups is 1. The molecule has 130 valence electrons. The number of hydrogen-bond acceptors (Lipinski definition) is 3. The summed E-state index contributed by atoms with van der Waals surface area (Å²) >= 11 is 0. The van der Waals surface area contributed by atoms with Crippen molar-refractivity contribution in [1.29, 1.82) is 0 Å². The van der Waals surface area contributed by atoms with Crippen molar-refractivity contribution >= 4 is 11.7 Å². The molecule has 3 fully saturated rings. The van der Waals surface area contributed by atoms with E-state index in [2.05, 4.69) is 10.2 Å². The van der Waals surface area contributed by atoms with Crippen LogP contribution in [0.2, 0.25) is 0 Å². The van der Waals surface area contributed by atoms with Crippen molar-refractivity contribution in [3.63, 3.8) is 0 Å². The van der Waals surface area contributed by atoms with Gasteiger partial charge in [-0.1, -0.05) is 6.42 Å². The fraction of sp³-hybridized carbons (Fsp3) is 0.632. The summed E-state index contributed by atoms with van der Waals surface area (Å²) in [5.74, 6) is 2.69. The smallest absolute Gasteiger partial charge is 0.321 e. The van der Waals surface area contributed by atoms with Gasteiger partial charge >= 0.3 is 6.03 Å². The lowest BCUT2D eigenvalue weighted by Crippen LogP contribution is -2.61. The van der Waals surface area contributed by atoms with Crippen molar-refractivity contribution in [2.45, 2.75) is 32.2 Å². The van der Waals surface area contributed by atoms with Crippen molar-refractivity contribution in [3.05, 3.63) is 24.3 Å². The molecule has 2 aliphatic heterocycles. The predicted molar refractivity (Wildman–Crippen MR) is 94.4 cm³/mol. The molecule has 2 atom stereocenters. The summed E-state index contributed by atoms with van der Waals surface area (Å²) in [4.78, 5) is 16.9. The number of carbonyl (C=O) groups is 1. The Morgan fingerprint density at radius 3 is 2.42 bits per heavy atom. The maximum atomic E-state index is 12.3. The number of fused-ring (bicyclic) bond motifs is 1. The highest BCUT2D eigenvalue weighted by Gasteiger charge is 2.43. The first-order chi connectivity index (χ1) is 11.7. The number of benzene rings is 1. The predicted octanol–water partition coefficient (Wildman–Crippen LogP) is 3.03. The molecule has 24 heavy (non-hydrogen) atoms. The maximum Gasteiger partial charge on any atom is 0.321 e. The van der Waals surface area contributed by atoms with E-state index in [1.165, 1.54) is 32.4 Å². The van der Waals surface area contributed by atoms with Crippen LogP contribution in [0.4, 0.5) is 10.5 Å². The third kappa shape index (κ3) is 3.09. The molecule has 1 N–H and O–H groups in total. The van der Waals surface area contributed by atoms with Gasteiger partial charge in [-0.25, -0.2) is 4.79 Å². The number of amides is 2. The first-order valence-corrected chi connectivity index (χ1v) is 9.25.